The van der Waals surface area contributed by atoms with Crippen LogP contribution in [0, 0.1) is 0 Å². The summed E-state index contributed by atoms with van der Waals surface area (Å²) in [7, 11) is 4.56. The number of aromatic nitrogens is 2. The third-order valence-corrected chi connectivity index (χ3v) is 5.65. The van der Waals surface area contributed by atoms with Crippen LogP contribution in [0.3, 0.4) is 0 Å². The van der Waals surface area contributed by atoms with Gasteiger partial charge in [-0.1, -0.05) is 41.6 Å². The van der Waals surface area contributed by atoms with Crippen molar-refractivity contribution in [1.82, 2.24) is 9.97 Å². The highest BCUT2D eigenvalue weighted by atomic mass is 35.5. The number of nitrogens with zero attached hydrogens (tertiary/aromatic N) is 2. The summed E-state index contributed by atoms with van der Waals surface area (Å²) in [4.78, 5) is 20.9. The molecule has 0 spiro atoms. The maximum absolute atomic E-state index is 12.5. The molecule has 2 aromatic carbocycles. The van der Waals surface area contributed by atoms with Gasteiger partial charge in [0.25, 0.3) is 0 Å². The van der Waals surface area contributed by atoms with Gasteiger partial charge in [-0.3, -0.25) is 4.79 Å². The second-order valence-corrected chi connectivity index (χ2v) is 7.84. The zero-order valence-electron chi connectivity index (χ0n) is 17.8. The Morgan fingerprint density at radius 2 is 1.75 bits per heavy atom. The molecule has 0 bridgehead atoms. The average Bonchev–Trinajstić information content (AvgIpc) is 2.81. The first kappa shape index (κ1) is 23.5. The third-order valence-electron chi connectivity index (χ3n) is 4.36. The molecule has 1 aromatic heterocycles. The number of halogens is 1. The van der Waals surface area contributed by atoms with Crippen LogP contribution < -0.4 is 24.8 Å². The minimum Gasteiger partial charge on any atom is -0.493 e. The van der Waals surface area contributed by atoms with Crippen LogP contribution >= 0.6 is 23.4 Å². The Balaban J connectivity index is 1.58. The Hall–Kier alpha value is -3.17. The number of carbonyl (C=O) groups is 1. The fourth-order valence-electron chi connectivity index (χ4n) is 2.83. The van der Waals surface area contributed by atoms with Gasteiger partial charge in [-0.15, -0.1) is 0 Å². The van der Waals surface area contributed by atoms with Gasteiger partial charge in [-0.05, 0) is 11.6 Å². The summed E-state index contributed by atoms with van der Waals surface area (Å²) in [6.45, 7) is 0.530. The van der Waals surface area contributed by atoms with Crippen LogP contribution in [-0.4, -0.2) is 43.0 Å². The van der Waals surface area contributed by atoms with Crippen molar-refractivity contribution in [3.8, 4) is 17.2 Å². The summed E-state index contributed by atoms with van der Waals surface area (Å²) in [6.07, 6.45) is 1.45. The summed E-state index contributed by atoms with van der Waals surface area (Å²) in [6, 6.07) is 12.7. The zero-order valence-corrected chi connectivity index (χ0v) is 19.4. The van der Waals surface area contributed by atoms with Crippen LogP contribution in [0.25, 0.3) is 0 Å². The molecular formula is C22H23ClN4O4S. The van der Waals surface area contributed by atoms with Crippen molar-refractivity contribution in [2.75, 3.05) is 37.7 Å². The molecule has 0 aliphatic carbocycles. The summed E-state index contributed by atoms with van der Waals surface area (Å²) >= 11 is 7.48. The lowest BCUT2D eigenvalue weighted by molar-refractivity contribution is -0.113. The van der Waals surface area contributed by atoms with Gasteiger partial charge in [0, 0.05) is 35.5 Å². The molecule has 10 heteroatoms. The van der Waals surface area contributed by atoms with E-state index in [1.54, 1.807) is 18.2 Å². The number of hydrogen-bond acceptors (Lipinski definition) is 8. The van der Waals surface area contributed by atoms with Crippen molar-refractivity contribution in [2.24, 2.45) is 0 Å². The van der Waals surface area contributed by atoms with E-state index in [1.807, 2.05) is 24.3 Å². The number of methoxy groups -OCH3 is 3. The Labute approximate surface area is 195 Å². The number of nitrogens with one attached hydrogen (secondary N) is 2. The van der Waals surface area contributed by atoms with Gasteiger partial charge in [0.2, 0.25) is 11.7 Å². The number of anilines is 2. The van der Waals surface area contributed by atoms with Gasteiger partial charge in [0.1, 0.15) is 17.2 Å². The van der Waals surface area contributed by atoms with Gasteiger partial charge >= 0.3 is 0 Å². The average molecular weight is 475 g/mol. The molecule has 2 N–H and O–H groups in total. The van der Waals surface area contributed by atoms with Gasteiger partial charge in [-0.2, -0.15) is 0 Å². The fourth-order valence-corrected chi connectivity index (χ4v) is 3.70. The number of ether oxygens (including phenoxy) is 3. The highest BCUT2D eigenvalue weighted by Gasteiger charge is 2.15. The molecule has 168 valence electrons. The molecule has 0 saturated heterocycles. The summed E-state index contributed by atoms with van der Waals surface area (Å²) in [5.74, 6) is 1.98. The topological polar surface area (TPSA) is 94.6 Å². The first-order chi connectivity index (χ1) is 15.5. The number of thioether (sulfide) groups is 1. The van der Waals surface area contributed by atoms with E-state index in [-0.39, 0.29) is 11.7 Å². The van der Waals surface area contributed by atoms with Crippen molar-refractivity contribution in [3.05, 3.63) is 59.4 Å². The van der Waals surface area contributed by atoms with E-state index in [4.69, 9.17) is 25.8 Å². The van der Waals surface area contributed by atoms with E-state index in [0.29, 0.717) is 45.3 Å². The molecule has 0 unspecified atom stereocenters. The van der Waals surface area contributed by atoms with Gasteiger partial charge in [-0.25, -0.2) is 9.97 Å². The number of benzene rings is 2. The lowest BCUT2D eigenvalue weighted by Crippen LogP contribution is -2.14. The van der Waals surface area contributed by atoms with E-state index in [9.17, 15) is 4.79 Å². The summed E-state index contributed by atoms with van der Waals surface area (Å²) in [5.41, 5.74) is 1.50. The Bertz CT molecular complexity index is 1060. The molecule has 0 aliphatic heterocycles. The Kier molecular flexibility index (Phi) is 8.41. The molecule has 0 atom stereocenters. The minimum atomic E-state index is -0.200. The maximum Gasteiger partial charge on any atom is 0.234 e. The summed E-state index contributed by atoms with van der Waals surface area (Å²) < 4.78 is 15.9. The molecule has 1 amide bonds. The van der Waals surface area contributed by atoms with Crippen LogP contribution in [0.5, 0.6) is 17.2 Å². The van der Waals surface area contributed by atoms with E-state index < -0.39 is 0 Å². The predicted octanol–water partition coefficient (Wildman–Crippen LogP) is 4.50. The Morgan fingerprint density at radius 1 is 1.03 bits per heavy atom. The van der Waals surface area contributed by atoms with E-state index >= 15 is 0 Å². The Morgan fingerprint density at radius 3 is 2.41 bits per heavy atom. The number of hydrogen-bond donors (Lipinski definition) is 2. The smallest absolute Gasteiger partial charge is 0.234 e. The molecule has 1 heterocycles. The van der Waals surface area contributed by atoms with E-state index in [1.165, 1.54) is 39.4 Å². The van der Waals surface area contributed by atoms with Crippen molar-refractivity contribution < 1.29 is 19.0 Å². The number of amides is 1. The molecule has 32 heavy (non-hydrogen) atoms. The van der Waals surface area contributed by atoms with Crippen LogP contribution in [0.1, 0.15) is 5.56 Å². The predicted molar refractivity (Wildman–Crippen MR) is 126 cm³/mol. The highest BCUT2D eigenvalue weighted by molar-refractivity contribution is 7.99. The lowest BCUT2D eigenvalue weighted by atomic mass is 10.2. The van der Waals surface area contributed by atoms with Gasteiger partial charge < -0.3 is 24.8 Å². The molecular weight excluding hydrogens is 452 g/mol. The first-order valence-electron chi connectivity index (χ1n) is 9.56. The second kappa shape index (κ2) is 11.4. The zero-order chi connectivity index (χ0) is 22.9. The molecule has 0 fully saturated rings. The standard InChI is InChI=1S/C22H23ClN4O4S/c1-29-17-8-15(9-18(30-2)22(17)31-3)27-20(28)12-32-21-10-19(25-13-26-21)24-11-14-6-4-5-7-16(14)23/h4-10,13H,11-12H2,1-3H3,(H,27,28)(H,24,25,26). The molecule has 0 saturated carbocycles. The van der Waals surface area contributed by atoms with Crippen molar-refractivity contribution in [2.45, 2.75) is 11.6 Å². The number of rotatable bonds is 10. The highest BCUT2D eigenvalue weighted by Crippen LogP contribution is 2.40. The SMILES string of the molecule is COc1cc(NC(=O)CSc2cc(NCc3ccccc3Cl)ncn2)cc(OC)c1OC. The molecule has 0 radical (unpaired) electrons. The fraction of sp³-hybridized carbons (Fsp3) is 0.227. The molecule has 8 nitrogen and oxygen atoms in total. The van der Waals surface area contributed by atoms with Crippen LogP contribution in [-0.2, 0) is 11.3 Å². The normalized spacial score (nSPS) is 10.4. The van der Waals surface area contributed by atoms with Crippen molar-refractivity contribution >= 4 is 40.8 Å². The molecule has 3 aromatic rings. The van der Waals surface area contributed by atoms with E-state index in [0.717, 1.165) is 5.56 Å². The van der Waals surface area contributed by atoms with E-state index in [2.05, 4.69) is 20.6 Å². The maximum atomic E-state index is 12.5. The minimum absolute atomic E-state index is 0.164. The lowest BCUT2D eigenvalue weighted by Gasteiger charge is -2.14. The second-order valence-electron chi connectivity index (χ2n) is 6.44. The summed E-state index contributed by atoms with van der Waals surface area (Å²) in [5, 5.41) is 7.40. The molecule has 3 rings (SSSR count). The van der Waals surface area contributed by atoms with Gasteiger partial charge in [0.05, 0.1) is 27.1 Å². The van der Waals surface area contributed by atoms with Gasteiger partial charge in [0.15, 0.2) is 11.5 Å². The monoisotopic (exact) mass is 474 g/mol. The van der Waals surface area contributed by atoms with Crippen molar-refractivity contribution in [3.63, 3.8) is 0 Å². The van der Waals surface area contributed by atoms with Crippen LogP contribution in [0.15, 0.2) is 53.8 Å². The largest absolute Gasteiger partial charge is 0.493 e. The van der Waals surface area contributed by atoms with Crippen LogP contribution in [0.4, 0.5) is 11.5 Å². The van der Waals surface area contributed by atoms with Crippen molar-refractivity contribution in [1.29, 1.82) is 0 Å². The first-order valence-corrected chi connectivity index (χ1v) is 10.9. The quantitative estimate of drug-likeness (QED) is 0.327. The molecule has 0 aliphatic rings. The third kappa shape index (κ3) is 6.18. The number of carbonyl (C=O) groups excluding carboxylic acids is 1. The van der Waals surface area contributed by atoms with Crippen LogP contribution in [0.2, 0.25) is 5.02 Å².